The lowest BCUT2D eigenvalue weighted by Gasteiger charge is -2.32. The van der Waals surface area contributed by atoms with Crippen molar-refractivity contribution in [2.75, 3.05) is 14.2 Å². The van der Waals surface area contributed by atoms with E-state index in [-0.39, 0.29) is 20.5 Å². The maximum Gasteiger partial charge on any atom is 0.329 e. The number of rotatable bonds is 7. The van der Waals surface area contributed by atoms with Gasteiger partial charge in [-0.2, -0.15) is 5.10 Å². The Morgan fingerprint density at radius 3 is 2.21 bits per heavy atom. The van der Waals surface area contributed by atoms with Crippen LogP contribution >= 0.6 is 11.6 Å². The van der Waals surface area contributed by atoms with Gasteiger partial charge in [0.1, 0.15) is 17.0 Å². The van der Waals surface area contributed by atoms with Crippen LogP contribution in [0.15, 0.2) is 54.7 Å². The second-order valence-corrected chi connectivity index (χ2v) is 10.4. The first-order valence-electron chi connectivity index (χ1n) is 13.3. The third-order valence-electron chi connectivity index (χ3n) is 7.51. The largest absolute Gasteiger partial charge is 0.496 e. The van der Waals surface area contributed by atoms with Gasteiger partial charge in [-0.25, -0.2) is 9.48 Å². The van der Waals surface area contributed by atoms with Gasteiger partial charge in [-0.15, -0.1) is 0 Å². The Labute approximate surface area is 251 Å². The Kier molecular flexibility index (Phi) is 10.6. The molecular formula is C32H39ClN4O5. The van der Waals surface area contributed by atoms with Gasteiger partial charge in [-0.3, -0.25) is 9.78 Å². The molecule has 42 heavy (non-hydrogen) atoms. The Bertz CT molecular complexity index is 1540. The minimum atomic E-state index is -1.34. The van der Waals surface area contributed by atoms with Crippen LogP contribution in [0.3, 0.4) is 0 Å². The van der Waals surface area contributed by atoms with Gasteiger partial charge in [0.2, 0.25) is 0 Å². The third kappa shape index (κ3) is 6.21. The Morgan fingerprint density at radius 2 is 1.60 bits per heavy atom. The maximum atomic E-state index is 13.7. The van der Waals surface area contributed by atoms with Crippen molar-refractivity contribution in [3.63, 3.8) is 0 Å². The van der Waals surface area contributed by atoms with E-state index in [1.165, 1.54) is 0 Å². The molecule has 1 saturated carbocycles. The molecule has 5 rings (SSSR count). The molecule has 1 amide bonds. The minimum Gasteiger partial charge on any atom is -0.496 e. The van der Waals surface area contributed by atoms with E-state index in [4.69, 9.17) is 26.2 Å². The van der Waals surface area contributed by atoms with E-state index in [1.807, 2.05) is 12.1 Å². The van der Waals surface area contributed by atoms with Crippen LogP contribution in [0.5, 0.6) is 11.5 Å². The fourth-order valence-electron chi connectivity index (χ4n) is 5.43. The second kappa shape index (κ2) is 13.7. The molecule has 0 radical (unpaired) electrons. The number of aromatic nitrogens is 3. The Balaban J connectivity index is 0.00000242. The number of methoxy groups -OCH3 is 2. The van der Waals surface area contributed by atoms with Crippen molar-refractivity contribution in [3.05, 3.63) is 65.4 Å². The predicted octanol–water partition coefficient (Wildman–Crippen LogP) is 7.33. The summed E-state index contributed by atoms with van der Waals surface area (Å²) in [5.41, 5.74) is 1.17. The molecule has 9 nitrogen and oxygen atoms in total. The minimum absolute atomic E-state index is 0. The fourth-order valence-corrected chi connectivity index (χ4v) is 5.60. The molecule has 0 bridgehead atoms. The number of nitrogens with zero attached hydrogens (tertiary/aromatic N) is 3. The summed E-state index contributed by atoms with van der Waals surface area (Å²) in [4.78, 5) is 30.6. The number of nitrogens with one attached hydrogen (secondary N) is 1. The van der Waals surface area contributed by atoms with Gasteiger partial charge in [0.05, 0.1) is 36.7 Å². The van der Waals surface area contributed by atoms with Crippen molar-refractivity contribution in [2.24, 2.45) is 0 Å². The van der Waals surface area contributed by atoms with Crippen LogP contribution < -0.4 is 14.8 Å². The van der Waals surface area contributed by atoms with Gasteiger partial charge in [0.15, 0.2) is 5.69 Å². The monoisotopic (exact) mass is 594 g/mol. The van der Waals surface area contributed by atoms with Crippen LogP contribution in [0.2, 0.25) is 5.02 Å². The van der Waals surface area contributed by atoms with Crippen molar-refractivity contribution < 1.29 is 24.2 Å². The number of amides is 1. The third-order valence-corrected chi connectivity index (χ3v) is 7.74. The van der Waals surface area contributed by atoms with Gasteiger partial charge in [-0.1, -0.05) is 64.6 Å². The van der Waals surface area contributed by atoms with Gasteiger partial charge < -0.3 is 19.9 Å². The van der Waals surface area contributed by atoms with Crippen LogP contribution in [0, 0.1) is 0 Å². The van der Waals surface area contributed by atoms with E-state index in [0.29, 0.717) is 51.8 Å². The summed E-state index contributed by atoms with van der Waals surface area (Å²) < 4.78 is 13.0. The molecule has 1 aliphatic carbocycles. The highest BCUT2D eigenvalue weighted by Gasteiger charge is 2.40. The van der Waals surface area contributed by atoms with E-state index in [1.54, 1.807) is 61.5 Å². The van der Waals surface area contributed by atoms with Crippen molar-refractivity contribution in [3.8, 4) is 28.4 Å². The normalized spacial score (nSPS) is 14.5. The lowest BCUT2D eigenvalue weighted by atomic mass is 9.83. The molecule has 0 aliphatic heterocycles. The summed E-state index contributed by atoms with van der Waals surface area (Å²) in [6.07, 6.45) is 6.81. The molecule has 2 N–H and O–H groups in total. The standard InChI is InChI=1S/C30H31ClN4O5.2CH4/c1-39-25-9-8-10-26(40-2)27(25)24-18-22(28(36)33-30(29(37)38)14-6-4-3-5-7-15-30)34-35(24)23-13-16-32-21-17-19(31)11-12-20(21)23;;/h8-13,16-18H,3-7,14-15H2,1-2H3,(H,33,36)(H,37,38);2*1H4. The summed E-state index contributed by atoms with van der Waals surface area (Å²) in [5, 5.41) is 19.1. The average Bonchev–Trinajstić information content (AvgIpc) is 3.38. The molecule has 0 spiro atoms. The molecule has 1 aliphatic rings. The number of fused-ring (bicyclic) bond motifs is 1. The lowest BCUT2D eigenvalue weighted by Crippen LogP contribution is -2.54. The zero-order chi connectivity index (χ0) is 28.3. The van der Waals surface area contributed by atoms with Crippen molar-refractivity contribution >= 4 is 34.4 Å². The number of carboxylic acids is 1. The number of hydrogen-bond acceptors (Lipinski definition) is 6. The molecular weight excluding hydrogens is 556 g/mol. The highest BCUT2D eigenvalue weighted by atomic mass is 35.5. The van der Waals surface area contributed by atoms with Crippen molar-refractivity contribution in [2.45, 2.75) is 65.3 Å². The summed E-state index contributed by atoms with van der Waals surface area (Å²) in [6.45, 7) is 0. The van der Waals surface area contributed by atoms with E-state index >= 15 is 0 Å². The molecule has 4 aromatic rings. The van der Waals surface area contributed by atoms with Crippen LogP contribution in [-0.2, 0) is 4.79 Å². The van der Waals surface area contributed by atoms with Crippen molar-refractivity contribution in [1.29, 1.82) is 0 Å². The summed E-state index contributed by atoms with van der Waals surface area (Å²) in [5.74, 6) is -0.532. The number of benzene rings is 2. The first-order chi connectivity index (χ1) is 19.4. The molecule has 0 unspecified atom stereocenters. The number of halogens is 1. The number of ether oxygens (including phenoxy) is 2. The number of pyridine rings is 1. The smallest absolute Gasteiger partial charge is 0.329 e. The van der Waals surface area contributed by atoms with Crippen molar-refractivity contribution in [1.82, 2.24) is 20.1 Å². The van der Waals surface area contributed by atoms with Crippen LogP contribution in [0.25, 0.3) is 27.8 Å². The van der Waals surface area contributed by atoms with Gasteiger partial charge in [0, 0.05) is 16.6 Å². The Hall–Kier alpha value is -4.11. The quantitative estimate of drug-likeness (QED) is 0.230. The number of aliphatic carboxylic acids is 1. The number of carbonyl (C=O) groups is 2. The molecule has 2 aromatic heterocycles. The second-order valence-electron chi connectivity index (χ2n) is 9.96. The zero-order valence-electron chi connectivity index (χ0n) is 22.4. The van der Waals surface area contributed by atoms with Crippen LogP contribution in [0.4, 0.5) is 0 Å². The lowest BCUT2D eigenvalue weighted by molar-refractivity contribution is -0.145. The number of carboxylic acid groups (broad SMARTS) is 1. The van der Waals surface area contributed by atoms with Crippen LogP contribution in [0.1, 0.15) is 70.3 Å². The van der Waals surface area contributed by atoms with Gasteiger partial charge in [0.25, 0.3) is 5.91 Å². The molecule has 2 heterocycles. The molecule has 0 atom stereocenters. The first kappa shape index (κ1) is 32.4. The summed E-state index contributed by atoms with van der Waals surface area (Å²) in [6, 6.07) is 14.2. The Morgan fingerprint density at radius 1 is 0.952 bits per heavy atom. The zero-order valence-corrected chi connectivity index (χ0v) is 23.2. The first-order valence-corrected chi connectivity index (χ1v) is 13.7. The number of hydrogen-bond donors (Lipinski definition) is 2. The predicted molar refractivity (Wildman–Crippen MR) is 166 cm³/mol. The molecule has 1 fully saturated rings. The van der Waals surface area contributed by atoms with E-state index in [0.717, 1.165) is 37.5 Å². The van der Waals surface area contributed by atoms with Crippen LogP contribution in [-0.4, -0.2) is 51.5 Å². The molecule has 10 heteroatoms. The SMILES string of the molecule is C.C.COc1cccc(OC)c1-c1cc(C(=O)NC2(C(=O)O)CCCCCCC2)nn1-c1ccnc2cc(Cl)ccc12. The highest BCUT2D eigenvalue weighted by Crippen LogP contribution is 2.40. The molecule has 2 aromatic carbocycles. The number of carbonyl (C=O) groups excluding carboxylic acids is 1. The van der Waals surface area contributed by atoms with E-state index in [9.17, 15) is 14.7 Å². The fraction of sp³-hybridized carbons (Fsp3) is 0.375. The van der Waals surface area contributed by atoms with E-state index < -0.39 is 17.4 Å². The molecule has 0 saturated heterocycles. The summed E-state index contributed by atoms with van der Waals surface area (Å²) in [7, 11) is 3.11. The summed E-state index contributed by atoms with van der Waals surface area (Å²) >= 11 is 6.23. The van der Waals surface area contributed by atoms with Gasteiger partial charge >= 0.3 is 5.97 Å². The highest BCUT2D eigenvalue weighted by molar-refractivity contribution is 6.31. The molecule has 224 valence electrons. The van der Waals surface area contributed by atoms with Gasteiger partial charge in [-0.05, 0) is 55.3 Å². The average molecular weight is 595 g/mol. The maximum absolute atomic E-state index is 13.7. The van der Waals surface area contributed by atoms with E-state index in [2.05, 4.69) is 10.3 Å². The topological polar surface area (TPSA) is 116 Å².